The highest BCUT2D eigenvalue weighted by atomic mass is 35.5. The minimum atomic E-state index is -4.25. The molecule has 13 heteroatoms. The van der Waals surface area contributed by atoms with Crippen LogP contribution in [0.1, 0.15) is 30.0 Å². The van der Waals surface area contributed by atoms with E-state index in [1.807, 2.05) is 0 Å². The molecule has 1 aliphatic rings. The molecule has 0 saturated carbocycles. The predicted octanol–water partition coefficient (Wildman–Crippen LogP) is 5.08. The number of carbonyl (C=O) groups excluding carboxylic acids is 1. The molecule has 0 radical (unpaired) electrons. The summed E-state index contributed by atoms with van der Waals surface area (Å²) >= 11 is 12.1. The van der Waals surface area contributed by atoms with Crippen LogP contribution in [0.15, 0.2) is 71.0 Å². The van der Waals surface area contributed by atoms with Crippen molar-refractivity contribution in [3.05, 3.63) is 92.6 Å². The summed E-state index contributed by atoms with van der Waals surface area (Å²) in [4.78, 5) is 48.3. The van der Waals surface area contributed by atoms with Crippen molar-refractivity contribution >= 4 is 51.8 Å². The van der Waals surface area contributed by atoms with Crippen LogP contribution in [-0.2, 0) is 9.59 Å². The van der Waals surface area contributed by atoms with Crippen molar-refractivity contribution in [1.82, 2.24) is 20.0 Å². The van der Waals surface area contributed by atoms with Gasteiger partial charge < -0.3 is 10.1 Å². The number of halogens is 4. The van der Waals surface area contributed by atoms with Gasteiger partial charge in [-0.1, -0.05) is 47.5 Å². The Hall–Kier alpha value is -4.22. The third kappa shape index (κ3) is 5.10. The molecule has 1 atom stereocenters. The lowest BCUT2D eigenvalue weighted by Gasteiger charge is -2.25. The summed E-state index contributed by atoms with van der Waals surface area (Å²) in [6, 6.07) is 11.6. The van der Waals surface area contributed by atoms with E-state index in [0.717, 1.165) is 0 Å². The van der Waals surface area contributed by atoms with E-state index in [4.69, 9.17) is 28.3 Å². The van der Waals surface area contributed by atoms with Crippen LogP contribution in [-0.4, -0.2) is 48.6 Å². The zero-order valence-electron chi connectivity index (χ0n) is 19.7. The highest BCUT2D eigenvalue weighted by Gasteiger charge is 2.49. The minimum absolute atomic E-state index is 0.0236. The lowest BCUT2D eigenvalue weighted by molar-refractivity contribution is -0.167. The fraction of sp³-hybridized carbons (Fsp3) is 0.154. The van der Waals surface area contributed by atoms with E-state index in [0.29, 0.717) is 37.1 Å². The second kappa shape index (κ2) is 10.2. The number of carboxylic acid groups (broad SMARTS) is 1. The van der Waals surface area contributed by atoms with Gasteiger partial charge in [0.1, 0.15) is 18.4 Å². The van der Waals surface area contributed by atoms with Gasteiger partial charge in [0.25, 0.3) is 5.56 Å². The predicted molar refractivity (Wildman–Crippen MR) is 140 cm³/mol. The number of aromatic nitrogens is 3. The number of aliphatic carboxylic acids is 1. The first kappa shape index (κ1) is 26.4. The number of alkyl halides is 2. The van der Waals surface area contributed by atoms with Crippen molar-refractivity contribution < 1.29 is 23.5 Å². The molecule has 2 aromatic carbocycles. The van der Waals surface area contributed by atoms with Gasteiger partial charge in [-0.05, 0) is 35.4 Å². The number of hydrazone groups is 1. The molecule has 1 amide bonds. The lowest BCUT2D eigenvalue weighted by atomic mass is 9.92. The van der Waals surface area contributed by atoms with E-state index in [9.17, 15) is 23.2 Å². The molecule has 2 N–H and O–H groups in total. The second-order valence-corrected chi connectivity index (χ2v) is 9.61. The van der Waals surface area contributed by atoms with E-state index in [1.54, 1.807) is 36.4 Å². The number of nitrogens with zero attached hydrogens (tertiary/aromatic N) is 4. The molecule has 0 bridgehead atoms. The molecule has 0 aliphatic carbocycles. The molecular formula is C26H17Cl2F2N5O4. The van der Waals surface area contributed by atoms with Gasteiger partial charge in [-0.15, -0.1) is 0 Å². The number of rotatable bonds is 6. The van der Waals surface area contributed by atoms with Crippen molar-refractivity contribution in [2.75, 3.05) is 0 Å². The van der Waals surface area contributed by atoms with Crippen LogP contribution >= 0.6 is 23.2 Å². The van der Waals surface area contributed by atoms with Crippen molar-refractivity contribution in [3.8, 4) is 11.1 Å². The van der Waals surface area contributed by atoms with Gasteiger partial charge in [0, 0.05) is 33.6 Å². The highest BCUT2D eigenvalue weighted by molar-refractivity contribution is 6.31. The van der Waals surface area contributed by atoms with E-state index in [1.165, 1.54) is 24.7 Å². The van der Waals surface area contributed by atoms with Crippen molar-refractivity contribution in [2.45, 2.75) is 24.8 Å². The van der Waals surface area contributed by atoms with Gasteiger partial charge in [-0.3, -0.25) is 14.4 Å². The average molecular weight is 572 g/mol. The fourth-order valence-electron chi connectivity index (χ4n) is 4.45. The zero-order chi connectivity index (χ0) is 27.9. The normalized spacial score (nSPS) is 15.4. The third-order valence-corrected chi connectivity index (χ3v) is 6.68. The Morgan fingerprint density at radius 2 is 1.69 bits per heavy atom. The molecule has 1 aliphatic heterocycles. The number of carboxylic acids is 1. The van der Waals surface area contributed by atoms with Crippen molar-refractivity contribution in [2.24, 2.45) is 5.10 Å². The topological polar surface area (TPSA) is 129 Å². The van der Waals surface area contributed by atoms with Gasteiger partial charge in [0.15, 0.2) is 0 Å². The van der Waals surface area contributed by atoms with Crippen LogP contribution in [0.25, 0.3) is 22.2 Å². The number of carbonyl (C=O) groups is 2. The Balaban J connectivity index is 1.72. The molecule has 0 spiro atoms. The Morgan fingerprint density at radius 3 is 2.33 bits per heavy atom. The largest absolute Gasteiger partial charge is 0.481 e. The van der Waals surface area contributed by atoms with Crippen LogP contribution in [0.5, 0.6) is 0 Å². The lowest BCUT2D eigenvalue weighted by Crippen LogP contribution is -2.42. The quantitative estimate of drug-likeness (QED) is 0.332. The van der Waals surface area contributed by atoms with Crippen LogP contribution < -0.4 is 5.56 Å². The van der Waals surface area contributed by atoms with Crippen LogP contribution in [0, 0.1) is 0 Å². The fourth-order valence-corrected chi connectivity index (χ4v) is 4.70. The molecule has 5 rings (SSSR count). The van der Waals surface area contributed by atoms with E-state index < -0.39 is 35.8 Å². The molecule has 9 nitrogen and oxygen atoms in total. The second-order valence-electron chi connectivity index (χ2n) is 8.74. The highest BCUT2D eigenvalue weighted by Crippen LogP contribution is 2.39. The standard InChI is InChI=1S/C26H17Cl2F2N5O4/c27-15-5-1-13(2-6-15)19-9-18(34-35(19)25(39)26(29,30)10-20(36)37)22-21(14-3-7-16(28)8-4-14)17-11-31-12-32-23(17)33-24(22)38/h1-8,11-12,19H,9-10H2,(H,36,37)(H,31,32,33,38)/t19-/m0/s1. The molecule has 0 unspecified atom stereocenters. The summed E-state index contributed by atoms with van der Waals surface area (Å²) in [5, 5.41) is 14.9. The van der Waals surface area contributed by atoms with Gasteiger partial charge in [0.05, 0.1) is 17.3 Å². The summed E-state index contributed by atoms with van der Waals surface area (Å²) in [6.45, 7) is 0. The molecule has 198 valence electrons. The zero-order valence-corrected chi connectivity index (χ0v) is 21.2. The number of H-pyrrole nitrogens is 1. The number of nitrogens with one attached hydrogen (secondary N) is 1. The number of benzene rings is 2. The number of hydrogen-bond donors (Lipinski definition) is 2. The molecule has 39 heavy (non-hydrogen) atoms. The molecule has 0 saturated heterocycles. The first-order valence-electron chi connectivity index (χ1n) is 11.4. The Bertz CT molecular complexity index is 1690. The average Bonchev–Trinajstić information content (AvgIpc) is 3.32. The smallest absolute Gasteiger partial charge is 0.337 e. The Labute approximate surface area is 228 Å². The number of amides is 1. The Morgan fingerprint density at radius 1 is 1.05 bits per heavy atom. The number of aromatic amines is 1. The van der Waals surface area contributed by atoms with Gasteiger partial charge >= 0.3 is 17.8 Å². The van der Waals surface area contributed by atoms with Gasteiger partial charge in [-0.25, -0.2) is 15.0 Å². The van der Waals surface area contributed by atoms with Crippen molar-refractivity contribution in [3.63, 3.8) is 0 Å². The first-order chi connectivity index (χ1) is 18.5. The van der Waals surface area contributed by atoms with E-state index in [2.05, 4.69) is 20.1 Å². The number of pyridine rings is 1. The summed E-state index contributed by atoms with van der Waals surface area (Å²) in [5.41, 5.74) is 0.995. The summed E-state index contributed by atoms with van der Waals surface area (Å²) in [5.74, 6) is -7.91. The van der Waals surface area contributed by atoms with Crippen LogP contribution in [0.2, 0.25) is 10.0 Å². The number of fused-ring (bicyclic) bond motifs is 1. The van der Waals surface area contributed by atoms with Crippen LogP contribution in [0.4, 0.5) is 8.78 Å². The van der Waals surface area contributed by atoms with Gasteiger partial charge in [-0.2, -0.15) is 13.9 Å². The minimum Gasteiger partial charge on any atom is -0.481 e. The maximum Gasteiger partial charge on any atom is 0.337 e. The first-order valence-corrected chi connectivity index (χ1v) is 12.2. The summed E-state index contributed by atoms with van der Waals surface area (Å²) in [7, 11) is 0. The summed E-state index contributed by atoms with van der Waals surface area (Å²) in [6.07, 6.45) is 0.907. The molecule has 0 fully saturated rings. The molecule has 2 aromatic heterocycles. The van der Waals surface area contributed by atoms with Crippen molar-refractivity contribution in [1.29, 1.82) is 0 Å². The van der Waals surface area contributed by atoms with E-state index in [-0.39, 0.29) is 23.3 Å². The monoisotopic (exact) mass is 571 g/mol. The van der Waals surface area contributed by atoms with Crippen LogP contribution in [0.3, 0.4) is 0 Å². The number of hydrogen-bond acceptors (Lipinski definition) is 6. The molecular weight excluding hydrogens is 555 g/mol. The van der Waals surface area contributed by atoms with E-state index >= 15 is 0 Å². The molecule has 3 heterocycles. The Kier molecular flexibility index (Phi) is 6.87. The maximum atomic E-state index is 14.7. The summed E-state index contributed by atoms with van der Waals surface area (Å²) < 4.78 is 29.4. The van der Waals surface area contributed by atoms with Gasteiger partial charge in [0.2, 0.25) is 0 Å². The molecule has 4 aromatic rings. The third-order valence-electron chi connectivity index (χ3n) is 6.17. The maximum absolute atomic E-state index is 14.7. The SMILES string of the molecule is O=C(O)CC(F)(F)C(=O)N1N=C(c2c(-c3ccc(Cl)cc3)c3cncnc3[nH]c2=O)C[C@H]1c1ccc(Cl)cc1.